The predicted molar refractivity (Wildman–Crippen MR) is 88.7 cm³/mol. The van der Waals surface area contributed by atoms with E-state index in [-0.39, 0.29) is 0 Å². The van der Waals surface area contributed by atoms with E-state index in [0.29, 0.717) is 0 Å². The van der Waals surface area contributed by atoms with Gasteiger partial charge in [0.25, 0.3) is 0 Å². The summed E-state index contributed by atoms with van der Waals surface area (Å²) in [6.45, 7) is 2.86. The number of aryl methyl sites for hydroxylation is 1. The molecule has 0 unspecified atom stereocenters. The lowest BCUT2D eigenvalue weighted by atomic mass is 10.3. The molecular weight excluding hydrogens is 308 g/mol. The molecule has 5 heteroatoms. The molecule has 20 heavy (non-hydrogen) atoms. The molecule has 102 valence electrons. The number of hydrogen-bond acceptors (Lipinski definition) is 4. The van der Waals surface area contributed by atoms with E-state index in [0.717, 1.165) is 27.3 Å². The van der Waals surface area contributed by atoms with Crippen molar-refractivity contribution in [3.05, 3.63) is 63.6 Å². The van der Waals surface area contributed by atoms with Crippen LogP contribution in [0.15, 0.2) is 57.8 Å². The Kier molecular flexibility index (Phi) is 4.15. The van der Waals surface area contributed by atoms with E-state index in [2.05, 4.69) is 33.6 Å². The molecule has 1 aliphatic rings. The molecule has 1 aromatic heterocycles. The van der Waals surface area contributed by atoms with Crippen LogP contribution in [0.25, 0.3) is 0 Å². The Hall–Kier alpha value is -1.23. The van der Waals surface area contributed by atoms with Gasteiger partial charge in [0.1, 0.15) is 0 Å². The molecule has 0 spiro atoms. The van der Waals surface area contributed by atoms with E-state index in [1.807, 2.05) is 31.2 Å². The maximum Gasteiger partial charge on any atom is 0.189 e. The van der Waals surface area contributed by atoms with Crippen molar-refractivity contribution in [3.63, 3.8) is 0 Å². The van der Waals surface area contributed by atoms with Gasteiger partial charge in [-0.1, -0.05) is 41.6 Å². The van der Waals surface area contributed by atoms with Crippen LogP contribution < -0.4 is 4.90 Å². The highest BCUT2D eigenvalue weighted by molar-refractivity contribution is 8.03. The fraction of sp³-hybridized carbons (Fsp3) is 0.133. The monoisotopic (exact) mass is 320 g/mol. The molecule has 0 fully saturated rings. The van der Waals surface area contributed by atoms with Crippen molar-refractivity contribution in [2.45, 2.75) is 11.8 Å². The molecule has 1 aliphatic heterocycles. The van der Waals surface area contributed by atoms with E-state index < -0.39 is 0 Å². The maximum atomic E-state index is 6.18. The molecule has 0 saturated carbocycles. The first-order chi connectivity index (χ1) is 9.72. The van der Waals surface area contributed by atoms with E-state index >= 15 is 0 Å². The van der Waals surface area contributed by atoms with Crippen LogP contribution >= 0.6 is 34.7 Å². The second kappa shape index (κ2) is 6.04. The normalized spacial score (nSPS) is 14.5. The van der Waals surface area contributed by atoms with Gasteiger partial charge in [-0.15, -0.1) is 11.3 Å². The summed E-state index contributed by atoms with van der Waals surface area (Å²) in [7, 11) is 0. The molecule has 0 aliphatic carbocycles. The van der Waals surface area contributed by atoms with Crippen LogP contribution in [0.1, 0.15) is 5.69 Å². The average Bonchev–Trinajstić information content (AvgIpc) is 2.89. The number of hydrogen-bond donors (Lipinski definition) is 0. The van der Waals surface area contributed by atoms with Crippen LogP contribution in [0.4, 0.5) is 5.13 Å². The highest BCUT2D eigenvalue weighted by atomic mass is 35.5. The number of aromatic nitrogens is 1. The molecule has 1 aromatic carbocycles. The average molecular weight is 321 g/mol. The first-order valence-corrected chi connectivity index (χ1v) is 8.29. The Bertz CT molecular complexity index is 676. The van der Waals surface area contributed by atoms with E-state index in [9.17, 15) is 0 Å². The van der Waals surface area contributed by atoms with Gasteiger partial charge in [-0.05, 0) is 25.1 Å². The Morgan fingerprint density at radius 2 is 2.20 bits per heavy atom. The lowest BCUT2D eigenvalue weighted by Crippen LogP contribution is -2.18. The highest BCUT2D eigenvalue weighted by Crippen LogP contribution is 2.34. The summed E-state index contributed by atoms with van der Waals surface area (Å²) >= 11 is 9.54. The van der Waals surface area contributed by atoms with Crippen molar-refractivity contribution in [2.75, 3.05) is 11.4 Å². The Balaban J connectivity index is 1.69. The fourth-order valence-corrected chi connectivity index (χ4v) is 3.73. The fourth-order valence-electron chi connectivity index (χ4n) is 1.83. The largest absolute Gasteiger partial charge is 0.321 e. The number of thioether (sulfide) groups is 1. The molecule has 0 atom stereocenters. The standard InChI is InChI=1S/C15H13ClN2S2/c1-11-10-19-15(17-11)18-8-6-12(7-9-18)20-14-5-3-2-4-13(14)16/h2-8,10H,9H2,1H3. The summed E-state index contributed by atoms with van der Waals surface area (Å²) < 4.78 is 0. The SMILES string of the molecule is Cc1csc(N2C=CC(Sc3ccccc3Cl)=CC2)n1. The highest BCUT2D eigenvalue weighted by Gasteiger charge is 2.11. The van der Waals surface area contributed by atoms with E-state index in [1.54, 1.807) is 23.1 Å². The van der Waals surface area contributed by atoms with E-state index in [4.69, 9.17) is 11.6 Å². The zero-order valence-electron chi connectivity index (χ0n) is 10.9. The number of rotatable bonds is 3. The lowest BCUT2D eigenvalue weighted by molar-refractivity contribution is 1.04. The van der Waals surface area contributed by atoms with Gasteiger partial charge < -0.3 is 4.90 Å². The molecular formula is C15H13ClN2S2. The molecule has 2 heterocycles. The van der Waals surface area contributed by atoms with Gasteiger partial charge >= 0.3 is 0 Å². The molecule has 2 aromatic rings. The van der Waals surface area contributed by atoms with Crippen LogP contribution in [0.3, 0.4) is 0 Å². The lowest BCUT2D eigenvalue weighted by Gasteiger charge is -2.19. The number of nitrogens with zero attached hydrogens (tertiary/aromatic N) is 2. The van der Waals surface area contributed by atoms with Gasteiger partial charge in [0, 0.05) is 27.9 Å². The Labute approximate surface area is 131 Å². The van der Waals surface area contributed by atoms with Gasteiger partial charge in [0.2, 0.25) is 0 Å². The van der Waals surface area contributed by atoms with Crippen molar-refractivity contribution in [1.29, 1.82) is 0 Å². The van der Waals surface area contributed by atoms with Gasteiger partial charge in [0.15, 0.2) is 5.13 Å². The van der Waals surface area contributed by atoms with Crippen molar-refractivity contribution in [1.82, 2.24) is 4.98 Å². The Morgan fingerprint density at radius 1 is 1.35 bits per heavy atom. The zero-order chi connectivity index (χ0) is 13.9. The topological polar surface area (TPSA) is 16.1 Å². The van der Waals surface area contributed by atoms with Gasteiger partial charge in [-0.25, -0.2) is 4.98 Å². The van der Waals surface area contributed by atoms with Crippen molar-refractivity contribution in [2.24, 2.45) is 0 Å². The number of allylic oxidation sites excluding steroid dienone is 1. The number of thiazole rings is 1. The van der Waals surface area contributed by atoms with Gasteiger partial charge in [-0.3, -0.25) is 0 Å². The van der Waals surface area contributed by atoms with Crippen LogP contribution in [-0.4, -0.2) is 11.5 Å². The molecule has 0 bridgehead atoms. The summed E-state index contributed by atoms with van der Waals surface area (Å²) in [4.78, 5) is 8.94. The minimum absolute atomic E-state index is 0.796. The molecule has 2 nitrogen and oxygen atoms in total. The van der Waals surface area contributed by atoms with Crippen LogP contribution in [0, 0.1) is 6.92 Å². The zero-order valence-corrected chi connectivity index (χ0v) is 13.3. The number of anilines is 1. The first kappa shape index (κ1) is 13.7. The summed E-state index contributed by atoms with van der Waals surface area (Å²) in [6.07, 6.45) is 6.39. The van der Waals surface area contributed by atoms with Gasteiger partial charge in [0.05, 0.1) is 10.7 Å². The molecule has 0 saturated heterocycles. The third-order valence-corrected chi connectivity index (χ3v) is 5.38. The second-order valence-corrected chi connectivity index (χ2v) is 6.74. The second-order valence-electron chi connectivity index (χ2n) is 4.38. The number of halogens is 1. The van der Waals surface area contributed by atoms with E-state index in [1.165, 1.54) is 4.91 Å². The third-order valence-electron chi connectivity index (χ3n) is 2.82. The third kappa shape index (κ3) is 3.08. The molecule has 3 rings (SSSR count). The van der Waals surface area contributed by atoms with Crippen LogP contribution in [0.2, 0.25) is 5.02 Å². The predicted octanol–water partition coefficient (Wildman–Crippen LogP) is 5.11. The molecule has 0 N–H and O–H groups in total. The summed E-state index contributed by atoms with van der Waals surface area (Å²) in [6, 6.07) is 7.91. The summed E-state index contributed by atoms with van der Waals surface area (Å²) in [5.74, 6) is 0. The van der Waals surface area contributed by atoms with Crippen LogP contribution in [-0.2, 0) is 0 Å². The minimum Gasteiger partial charge on any atom is -0.321 e. The van der Waals surface area contributed by atoms with Crippen LogP contribution in [0.5, 0.6) is 0 Å². The quantitative estimate of drug-likeness (QED) is 0.781. The minimum atomic E-state index is 0.796. The maximum absolute atomic E-state index is 6.18. The number of benzene rings is 1. The van der Waals surface area contributed by atoms with Gasteiger partial charge in [-0.2, -0.15) is 0 Å². The van der Waals surface area contributed by atoms with Crippen molar-refractivity contribution in [3.8, 4) is 0 Å². The summed E-state index contributed by atoms with van der Waals surface area (Å²) in [5, 5.41) is 3.91. The summed E-state index contributed by atoms with van der Waals surface area (Å²) in [5.41, 5.74) is 1.07. The van der Waals surface area contributed by atoms with Crippen molar-refractivity contribution >= 4 is 39.8 Å². The first-order valence-electron chi connectivity index (χ1n) is 6.22. The Morgan fingerprint density at radius 3 is 2.85 bits per heavy atom. The molecule has 0 amide bonds. The van der Waals surface area contributed by atoms with Crippen molar-refractivity contribution < 1.29 is 0 Å². The molecule has 0 radical (unpaired) electrons. The smallest absolute Gasteiger partial charge is 0.189 e.